The molecule has 0 aromatic rings. The summed E-state index contributed by atoms with van der Waals surface area (Å²) in [5.74, 6) is -8.58. The van der Waals surface area contributed by atoms with Gasteiger partial charge in [0.2, 0.25) is 11.8 Å². The number of nitrogens with one attached hydrogen (secondary N) is 2. The van der Waals surface area contributed by atoms with Crippen LogP contribution in [0.2, 0.25) is 0 Å². The number of carbonyl (C=O) groups excluding carboxylic acids is 4. The van der Waals surface area contributed by atoms with Crippen LogP contribution in [0.5, 0.6) is 0 Å². The number of hydrogen-bond donors (Lipinski definition) is 8. The standard InChI is InChI=1S/C38H64N4O13/c1-3-5-7-9-11-13-15-23-33(45)41(54)25-19-17-21-29(35(47)48)39-31(43)27-38(53,37(51)52)28-32(44)40-30(36(49)50)22-18-20-26-42(55)34(46)24-16-14-12-10-8-6-4-2/h15-16,23-24,29-30,53-55H,3-14,17-22,25-28H2,1-2H3,(H,39,43)(H,40,44)(H,47,48)(H,49,50)(H,51,52). The van der Waals surface area contributed by atoms with E-state index < -0.39 is 72.1 Å². The molecule has 2 atom stereocenters. The number of nitrogens with zero attached hydrogens (tertiary/aromatic N) is 2. The van der Waals surface area contributed by atoms with Gasteiger partial charge in [-0.1, -0.05) is 77.4 Å². The second-order valence-electron chi connectivity index (χ2n) is 13.7. The van der Waals surface area contributed by atoms with Gasteiger partial charge in [0.05, 0.1) is 12.8 Å². The van der Waals surface area contributed by atoms with Crippen molar-refractivity contribution in [1.29, 1.82) is 0 Å². The first kappa shape index (κ1) is 50.6. The predicted octanol–water partition coefficient (Wildman–Crippen LogP) is 4.33. The average molecular weight is 785 g/mol. The van der Waals surface area contributed by atoms with Gasteiger partial charge in [0.25, 0.3) is 11.8 Å². The molecule has 0 heterocycles. The number of amides is 4. The Morgan fingerprint density at radius 3 is 1.25 bits per heavy atom. The first-order valence-electron chi connectivity index (χ1n) is 19.4. The Hall–Kier alpha value is -4.35. The predicted molar refractivity (Wildman–Crippen MR) is 201 cm³/mol. The molecule has 0 aromatic carbocycles. The SMILES string of the molecule is CCCCCCCC=CC(=O)N(O)CCCCC(NC(=O)CC(O)(CC(=O)NC(CCCCN(O)C(=O)C=CCCCCCCC)C(=O)O)C(=O)O)C(=O)O. The maximum absolute atomic E-state index is 12.6. The highest BCUT2D eigenvalue weighted by molar-refractivity contribution is 5.94. The van der Waals surface area contributed by atoms with E-state index in [0.717, 1.165) is 64.2 Å². The molecule has 0 rings (SSSR count). The van der Waals surface area contributed by atoms with Crippen LogP contribution in [0.25, 0.3) is 0 Å². The normalized spacial score (nSPS) is 13.5. The Bertz CT molecular complexity index is 1170. The number of carbonyl (C=O) groups is 7. The van der Waals surface area contributed by atoms with Crippen molar-refractivity contribution in [1.82, 2.24) is 20.8 Å². The van der Waals surface area contributed by atoms with Crippen molar-refractivity contribution in [3.8, 4) is 0 Å². The van der Waals surface area contributed by atoms with E-state index in [1.807, 2.05) is 0 Å². The number of rotatable bonds is 33. The molecule has 0 spiro atoms. The molecule has 0 aliphatic rings. The van der Waals surface area contributed by atoms with E-state index in [4.69, 9.17) is 0 Å². The summed E-state index contributed by atoms with van der Waals surface area (Å²) < 4.78 is 0. The fourth-order valence-corrected chi connectivity index (χ4v) is 5.46. The van der Waals surface area contributed by atoms with Crippen molar-refractivity contribution < 1.29 is 64.4 Å². The van der Waals surface area contributed by atoms with Crippen LogP contribution in [0.1, 0.15) is 142 Å². The minimum atomic E-state index is -3.01. The van der Waals surface area contributed by atoms with Gasteiger partial charge in [0, 0.05) is 25.2 Å². The zero-order valence-electron chi connectivity index (χ0n) is 32.5. The first-order chi connectivity index (χ1) is 26.1. The maximum Gasteiger partial charge on any atom is 0.336 e. The van der Waals surface area contributed by atoms with Crippen LogP contribution >= 0.6 is 0 Å². The molecule has 8 N–H and O–H groups in total. The Morgan fingerprint density at radius 2 is 0.927 bits per heavy atom. The van der Waals surface area contributed by atoms with E-state index in [1.165, 1.54) is 12.2 Å². The second kappa shape index (κ2) is 29.9. The minimum absolute atomic E-state index is 0.109. The number of carboxylic acid groups (broad SMARTS) is 3. The molecular weight excluding hydrogens is 720 g/mol. The minimum Gasteiger partial charge on any atom is -0.480 e. The van der Waals surface area contributed by atoms with Crippen LogP contribution < -0.4 is 10.6 Å². The molecule has 0 saturated heterocycles. The molecule has 4 amide bonds. The lowest BCUT2D eigenvalue weighted by Gasteiger charge is -2.24. The van der Waals surface area contributed by atoms with Gasteiger partial charge in [0.1, 0.15) is 12.1 Å². The van der Waals surface area contributed by atoms with Crippen LogP contribution in [-0.2, 0) is 33.6 Å². The molecule has 0 bridgehead atoms. The average Bonchev–Trinajstić information content (AvgIpc) is 3.12. The Labute approximate surface area is 323 Å². The second-order valence-corrected chi connectivity index (χ2v) is 13.7. The van der Waals surface area contributed by atoms with E-state index in [2.05, 4.69) is 24.5 Å². The summed E-state index contributed by atoms with van der Waals surface area (Å²) in [6, 6.07) is -3.04. The van der Waals surface area contributed by atoms with Gasteiger partial charge >= 0.3 is 17.9 Å². The number of unbranched alkanes of at least 4 members (excludes halogenated alkanes) is 12. The summed E-state index contributed by atoms with van der Waals surface area (Å²) in [6.07, 6.45) is 15.8. The molecule has 17 nitrogen and oxygen atoms in total. The molecule has 0 aliphatic carbocycles. The zero-order chi connectivity index (χ0) is 41.6. The van der Waals surface area contributed by atoms with Crippen molar-refractivity contribution in [3.63, 3.8) is 0 Å². The molecule has 0 fully saturated rings. The highest BCUT2D eigenvalue weighted by atomic mass is 16.5. The van der Waals surface area contributed by atoms with E-state index in [9.17, 15) is 64.4 Å². The molecule has 0 aromatic heterocycles. The third-order valence-corrected chi connectivity index (χ3v) is 8.77. The van der Waals surface area contributed by atoms with Crippen LogP contribution in [0.15, 0.2) is 24.3 Å². The van der Waals surface area contributed by atoms with Gasteiger partial charge in [-0.05, 0) is 64.2 Å². The number of carboxylic acids is 3. The highest BCUT2D eigenvalue weighted by Crippen LogP contribution is 2.18. The summed E-state index contributed by atoms with van der Waals surface area (Å²) in [7, 11) is 0. The monoisotopic (exact) mass is 784 g/mol. The van der Waals surface area contributed by atoms with Crippen molar-refractivity contribution in [2.45, 2.75) is 160 Å². The number of hydrogen-bond acceptors (Lipinski definition) is 10. The number of aliphatic hydroxyl groups is 1. The molecule has 2 unspecified atom stereocenters. The highest BCUT2D eigenvalue weighted by Gasteiger charge is 2.42. The Kier molecular flexibility index (Phi) is 27.6. The lowest BCUT2D eigenvalue weighted by Crippen LogP contribution is -2.51. The van der Waals surface area contributed by atoms with Gasteiger partial charge in [-0.3, -0.25) is 29.6 Å². The number of allylic oxidation sites excluding steroid dienone is 2. The Balaban J connectivity index is 4.85. The van der Waals surface area contributed by atoms with Crippen LogP contribution in [0, 0.1) is 0 Å². The van der Waals surface area contributed by atoms with Gasteiger partial charge in [-0.25, -0.2) is 24.5 Å². The zero-order valence-corrected chi connectivity index (χ0v) is 32.5. The topological polar surface area (TPSA) is 271 Å². The number of hydroxylamine groups is 4. The molecular formula is C38H64N4O13. The quantitative estimate of drug-likeness (QED) is 0.0200. The lowest BCUT2D eigenvalue weighted by molar-refractivity contribution is -0.165. The van der Waals surface area contributed by atoms with Crippen LogP contribution in [0.3, 0.4) is 0 Å². The molecule has 55 heavy (non-hydrogen) atoms. The van der Waals surface area contributed by atoms with Gasteiger partial charge < -0.3 is 31.1 Å². The maximum atomic E-state index is 12.6. The van der Waals surface area contributed by atoms with E-state index >= 15 is 0 Å². The summed E-state index contributed by atoms with van der Waals surface area (Å²) in [5.41, 5.74) is -3.01. The van der Waals surface area contributed by atoms with E-state index in [0.29, 0.717) is 23.0 Å². The fraction of sp³-hybridized carbons (Fsp3) is 0.711. The smallest absolute Gasteiger partial charge is 0.336 e. The number of aliphatic carboxylic acids is 3. The fourth-order valence-electron chi connectivity index (χ4n) is 5.46. The molecule has 17 heteroatoms. The van der Waals surface area contributed by atoms with Gasteiger partial charge in [-0.2, -0.15) is 0 Å². The summed E-state index contributed by atoms with van der Waals surface area (Å²) >= 11 is 0. The molecule has 314 valence electrons. The van der Waals surface area contributed by atoms with Crippen molar-refractivity contribution in [3.05, 3.63) is 24.3 Å². The first-order valence-corrected chi connectivity index (χ1v) is 19.4. The van der Waals surface area contributed by atoms with E-state index in [-0.39, 0.29) is 51.6 Å². The molecule has 0 saturated carbocycles. The Morgan fingerprint density at radius 1 is 0.564 bits per heavy atom. The summed E-state index contributed by atoms with van der Waals surface area (Å²) in [5, 5.41) is 64.5. The van der Waals surface area contributed by atoms with Gasteiger partial charge in [0.15, 0.2) is 5.60 Å². The molecule has 0 radical (unpaired) electrons. The van der Waals surface area contributed by atoms with Crippen LogP contribution in [-0.4, -0.2) is 113 Å². The van der Waals surface area contributed by atoms with E-state index in [1.54, 1.807) is 12.2 Å². The summed E-state index contributed by atoms with van der Waals surface area (Å²) in [4.78, 5) is 84.8. The van der Waals surface area contributed by atoms with Crippen LogP contribution in [0.4, 0.5) is 0 Å². The third-order valence-electron chi connectivity index (χ3n) is 8.77. The van der Waals surface area contributed by atoms with Gasteiger partial charge in [-0.15, -0.1) is 0 Å². The van der Waals surface area contributed by atoms with Crippen molar-refractivity contribution in [2.75, 3.05) is 13.1 Å². The lowest BCUT2D eigenvalue weighted by atomic mass is 9.94. The van der Waals surface area contributed by atoms with Crippen molar-refractivity contribution in [2.24, 2.45) is 0 Å². The molecule has 0 aliphatic heterocycles. The third kappa shape index (κ3) is 24.6. The summed E-state index contributed by atoms with van der Waals surface area (Å²) in [6.45, 7) is 4.01. The largest absolute Gasteiger partial charge is 0.480 e. The van der Waals surface area contributed by atoms with Crippen molar-refractivity contribution >= 4 is 41.5 Å².